The molecular formula is C14H14N4OS. The Balaban J connectivity index is 1.80. The first kappa shape index (κ1) is 12.8. The summed E-state index contributed by atoms with van der Waals surface area (Å²) in [5, 5.41) is 7.09. The number of fused-ring (bicyclic) bond motifs is 1. The van der Waals surface area contributed by atoms with Gasteiger partial charge in [-0.2, -0.15) is 5.10 Å². The molecule has 0 bridgehead atoms. The minimum atomic E-state index is -0.209. The van der Waals surface area contributed by atoms with E-state index < -0.39 is 0 Å². The van der Waals surface area contributed by atoms with Gasteiger partial charge in [-0.1, -0.05) is 0 Å². The number of rotatable bonds is 3. The van der Waals surface area contributed by atoms with Crippen molar-refractivity contribution in [3.05, 3.63) is 41.7 Å². The summed E-state index contributed by atoms with van der Waals surface area (Å²) in [4.78, 5) is 16.4. The van der Waals surface area contributed by atoms with E-state index in [9.17, 15) is 4.79 Å². The Morgan fingerprint density at radius 2 is 2.20 bits per heavy atom. The monoisotopic (exact) mass is 286 g/mol. The molecular weight excluding hydrogens is 272 g/mol. The molecule has 5 nitrogen and oxygen atoms in total. The van der Waals surface area contributed by atoms with Crippen molar-refractivity contribution in [1.82, 2.24) is 14.8 Å². The fourth-order valence-electron chi connectivity index (χ4n) is 1.88. The van der Waals surface area contributed by atoms with Gasteiger partial charge in [0.15, 0.2) is 5.69 Å². The van der Waals surface area contributed by atoms with Gasteiger partial charge >= 0.3 is 0 Å². The molecule has 0 saturated carbocycles. The largest absolute Gasteiger partial charge is 0.321 e. The molecule has 0 spiro atoms. The van der Waals surface area contributed by atoms with Crippen LogP contribution in [0.2, 0.25) is 0 Å². The third-order valence-electron chi connectivity index (χ3n) is 2.96. The minimum Gasteiger partial charge on any atom is -0.321 e. The number of hydrogen-bond donors (Lipinski definition) is 1. The Bertz CT molecular complexity index is 759. The van der Waals surface area contributed by atoms with Crippen molar-refractivity contribution in [2.24, 2.45) is 0 Å². The maximum Gasteiger partial charge on any atom is 0.276 e. The normalized spacial score (nSPS) is 11.2. The van der Waals surface area contributed by atoms with E-state index in [1.54, 1.807) is 27.6 Å². The van der Waals surface area contributed by atoms with Crippen LogP contribution in [-0.2, 0) is 0 Å². The summed E-state index contributed by atoms with van der Waals surface area (Å²) in [7, 11) is 0. The third-order valence-corrected chi connectivity index (χ3v) is 3.77. The van der Waals surface area contributed by atoms with E-state index in [1.807, 2.05) is 38.2 Å². The second-order valence-electron chi connectivity index (χ2n) is 4.76. The average molecular weight is 286 g/mol. The number of anilines is 1. The van der Waals surface area contributed by atoms with Crippen molar-refractivity contribution in [3.63, 3.8) is 0 Å². The lowest BCUT2D eigenvalue weighted by Crippen LogP contribution is -2.13. The molecule has 6 heteroatoms. The van der Waals surface area contributed by atoms with Crippen molar-refractivity contribution in [1.29, 1.82) is 0 Å². The highest BCUT2D eigenvalue weighted by atomic mass is 32.1. The minimum absolute atomic E-state index is 0.209. The van der Waals surface area contributed by atoms with Gasteiger partial charge in [-0.05, 0) is 38.1 Å². The highest BCUT2D eigenvalue weighted by Crippen LogP contribution is 2.21. The van der Waals surface area contributed by atoms with Crippen LogP contribution in [0.1, 0.15) is 30.4 Å². The lowest BCUT2D eigenvalue weighted by atomic mass is 10.3. The number of amides is 1. The molecule has 1 aromatic carbocycles. The van der Waals surface area contributed by atoms with Crippen LogP contribution >= 0.6 is 11.3 Å². The molecule has 0 aliphatic rings. The van der Waals surface area contributed by atoms with Crippen LogP contribution < -0.4 is 5.32 Å². The van der Waals surface area contributed by atoms with Crippen molar-refractivity contribution in [2.45, 2.75) is 19.9 Å². The average Bonchev–Trinajstić information content (AvgIpc) is 3.07. The predicted octanol–water partition coefficient (Wildman–Crippen LogP) is 3.33. The topological polar surface area (TPSA) is 59.8 Å². The van der Waals surface area contributed by atoms with Crippen molar-refractivity contribution < 1.29 is 4.79 Å². The zero-order valence-electron chi connectivity index (χ0n) is 11.2. The summed E-state index contributed by atoms with van der Waals surface area (Å²) in [6, 6.07) is 7.65. The van der Waals surface area contributed by atoms with E-state index in [0.29, 0.717) is 5.69 Å². The van der Waals surface area contributed by atoms with Crippen LogP contribution in [0.3, 0.4) is 0 Å². The van der Waals surface area contributed by atoms with Gasteiger partial charge in [-0.15, -0.1) is 11.3 Å². The van der Waals surface area contributed by atoms with Crippen LogP contribution in [0.5, 0.6) is 0 Å². The Morgan fingerprint density at radius 3 is 2.95 bits per heavy atom. The van der Waals surface area contributed by atoms with Crippen LogP contribution in [0.25, 0.3) is 10.2 Å². The standard InChI is InChI=1S/C14H14N4OS/c1-9(2)18-6-5-11(17-18)14(19)16-10-3-4-13-12(7-10)15-8-20-13/h3-9H,1-2H3,(H,16,19). The van der Waals surface area contributed by atoms with Gasteiger partial charge in [0.1, 0.15) is 0 Å². The maximum atomic E-state index is 12.1. The molecule has 0 fully saturated rings. The van der Waals surface area contributed by atoms with Crippen LogP contribution in [0.15, 0.2) is 36.0 Å². The Hall–Kier alpha value is -2.21. The second kappa shape index (κ2) is 5.05. The molecule has 3 aromatic rings. The van der Waals surface area contributed by atoms with Gasteiger partial charge in [0.2, 0.25) is 0 Å². The van der Waals surface area contributed by atoms with Gasteiger partial charge in [0.25, 0.3) is 5.91 Å². The number of aromatic nitrogens is 3. The molecule has 1 amide bonds. The zero-order chi connectivity index (χ0) is 14.1. The summed E-state index contributed by atoms with van der Waals surface area (Å²) < 4.78 is 2.87. The summed E-state index contributed by atoms with van der Waals surface area (Å²) >= 11 is 1.58. The molecule has 102 valence electrons. The molecule has 20 heavy (non-hydrogen) atoms. The quantitative estimate of drug-likeness (QED) is 0.803. The van der Waals surface area contributed by atoms with Crippen molar-refractivity contribution in [2.75, 3.05) is 5.32 Å². The first-order valence-electron chi connectivity index (χ1n) is 6.33. The summed E-state index contributed by atoms with van der Waals surface area (Å²) in [5.41, 5.74) is 3.82. The number of nitrogens with zero attached hydrogens (tertiary/aromatic N) is 3. The smallest absolute Gasteiger partial charge is 0.276 e. The van der Waals surface area contributed by atoms with E-state index >= 15 is 0 Å². The molecule has 3 rings (SSSR count). The molecule has 1 N–H and O–H groups in total. The van der Waals surface area contributed by atoms with Crippen molar-refractivity contribution >= 4 is 33.1 Å². The van der Waals surface area contributed by atoms with Crippen LogP contribution in [-0.4, -0.2) is 20.7 Å². The molecule has 2 heterocycles. The second-order valence-corrected chi connectivity index (χ2v) is 5.65. The molecule has 0 unspecified atom stereocenters. The molecule has 2 aromatic heterocycles. The fourth-order valence-corrected chi connectivity index (χ4v) is 2.54. The number of carbonyl (C=O) groups excluding carboxylic acids is 1. The third kappa shape index (κ3) is 2.42. The van der Waals surface area contributed by atoms with Crippen LogP contribution in [0, 0.1) is 0 Å². The Kier molecular flexibility index (Phi) is 3.23. The molecule has 0 radical (unpaired) electrons. The number of hydrogen-bond acceptors (Lipinski definition) is 4. The fraction of sp³-hybridized carbons (Fsp3) is 0.214. The predicted molar refractivity (Wildman–Crippen MR) is 80.2 cm³/mol. The highest BCUT2D eigenvalue weighted by Gasteiger charge is 2.11. The summed E-state index contributed by atoms with van der Waals surface area (Å²) in [6.45, 7) is 4.04. The number of nitrogens with one attached hydrogen (secondary N) is 1. The van der Waals surface area contributed by atoms with Gasteiger partial charge in [0.05, 0.1) is 15.7 Å². The van der Waals surface area contributed by atoms with E-state index in [0.717, 1.165) is 15.9 Å². The van der Waals surface area contributed by atoms with Gasteiger partial charge in [-0.25, -0.2) is 4.98 Å². The molecule has 0 aliphatic carbocycles. The van der Waals surface area contributed by atoms with E-state index in [1.165, 1.54) is 0 Å². The van der Waals surface area contributed by atoms with Gasteiger partial charge in [-0.3, -0.25) is 9.48 Å². The zero-order valence-corrected chi connectivity index (χ0v) is 12.0. The van der Waals surface area contributed by atoms with E-state index in [4.69, 9.17) is 0 Å². The molecule has 0 aliphatic heterocycles. The summed E-state index contributed by atoms with van der Waals surface area (Å²) in [6.07, 6.45) is 1.81. The molecule has 0 saturated heterocycles. The number of benzene rings is 1. The number of carbonyl (C=O) groups is 1. The highest BCUT2D eigenvalue weighted by molar-refractivity contribution is 7.16. The van der Waals surface area contributed by atoms with Crippen LogP contribution in [0.4, 0.5) is 5.69 Å². The van der Waals surface area contributed by atoms with Gasteiger partial charge in [0, 0.05) is 17.9 Å². The lowest BCUT2D eigenvalue weighted by molar-refractivity contribution is 0.102. The maximum absolute atomic E-state index is 12.1. The first-order chi connectivity index (χ1) is 9.63. The summed E-state index contributed by atoms with van der Waals surface area (Å²) in [5.74, 6) is -0.209. The lowest BCUT2D eigenvalue weighted by Gasteiger charge is -2.05. The Labute approximate surface area is 120 Å². The van der Waals surface area contributed by atoms with Gasteiger partial charge < -0.3 is 5.32 Å². The molecule has 0 atom stereocenters. The number of thiazole rings is 1. The van der Waals surface area contributed by atoms with E-state index in [2.05, 4.69) is 15.4 Å². The first-order valence-corrected chi connectivity index (χ1v) is 7.21. The van der Waals surface area contributed by atoms with Crippen molar-refractivity contribution in [3.8, 4) is 0 Å². The Morgan fingerprint density at radius 1 is 1.35 bits per heavy atom. The van der Waals surface area contributed by atoms with E-state index in [-0.39, 0.29) is 11.9 Å². The SMILES string of the molecule is CC(C)n1ccc(C(=O)Nc2ccc3scnc3c2)n1.